The Hall–Kier alpha value is -8.00. The van der Waals surface area contributed by atoms with E-state index >= 15 is 0 Å². The zero-order valence-corrected chi connectivity index (χ0v) is 39.0. The second-order valence-corrected chi connectivity index (χ2v) is 19.9. The van der Waals surface area contributed by atoms with Gasteiger partial charge in [-0.15, -0.1) is 0 Å². The maximum absolute atomic E-state index is 2.60. The van der Waals surface area contributed by atoms with E-state index in [0.29, 0.717) is 0 Å². The molecule has 0 spiro atoms. The van der Waals surface area contributed by atoms with Gasteiger partial charge < -0.3 is 4.90 Å². The molecular formula is C67H51N. The molecule has 13 rings (SSSR count). The van der Waals surface area contributed by atoms with Crippen LogP contribution in [0.5, 0.6) is 0 Å². The molecule has 3 aliphatic carbocycles. The van der Waals surface area contributed by atoms with Gasteiger partial charge in [-0.3, -0.25) is 0 Å². The monoisotopic (exact) mass is 869 g/mol. The summed E-state index contributed by atoms with van der Waals surface area (Å²) in [6, 6.07) is 88.9. The fourth-order valence-corrected chi connectivity index (χ4v) is 12.7. The smallest absolute Gasteiger partial charge is 0.0714 e. The number of hydrogen-bond acceptors (Lipinski definition) is 1. The summed E-state index contributed by atoms with van der Waals surface area (Å²) in [5.74, 6) is 0. The Bertz CT molecular complexity index is 3590. The molecule has 0 saturated carbocycles. The maximum atomic E-state index is 2.60. The lowest BCUT2D eigenvalue weighted by Gasteiger charge is -2.35. The summed E-state index contributed by atoms with van der Waals surface area (Å²) < 4.78 is 0. The van der Waals surface area contributed by atoms with Gasteiger partial charge in [0.2, 0.25) is 0 Å². The zero-order valence-electron chi connectivity index (χ0n) is 39.0. The molecule has 0 aromatic heterocycles. The van der Waals surface area contributed by atoms with Crippen LogP contribution < -0.4 is 4.90 Å². The van der Waals surface area contributed by atoms with E-state index in [9.17, 15) is 0 Å². The predicted molar refractivity (Wildman–Crippen MR) is 284 cm³/mol. The molecule has 0 aliphatic heterocycles. The lowest BCUT2D eigenvalue weighted by Crippen LogP contribution is -2.28. The highest BCUT2D eigenvalue weighted by Crippen LogP contribution is 2.61. The first-order valence-electron chi connectivity index (χ1n) is 24.1. The Balaban J connectivity index is 1.12. The van der Waals surface area contributed by atoms with Gasteiger partial charge in [-0.25, -0.2) is 0 Å². The molecule has 0 atom stereocenters. The molecule has 0 bridgehead atoms. The van der Waals surface area contributed by atoms with Crippen molar-refractivity contribution < 1.29 is 0 Å². The summed E-state index contributed by atoms with van der Waals surface area (Å²) in [6.45, 7) is 9.51. The number of para-hydroxylation sites is 2. The summed E-state index contributed by atoms with van der Waals surface area (Å²) in [5, 5.41) is 0. The van der Waals surface area contributed by atoms with Gasteiger partial charge in [0, 0.05) is 27.5 Å². The van der Waals surface area contributed by atoms with Crippen molar-refractivity contribution in [3.8, 4) is 55.6 Å². The van der Waals surface area contributed by atoms with Gasteiger partial charge in [0.25, 0.3) is 0 Å². The summed E-state index contributed by atoms with van der Waals surface area (Å²) in [7, 11) is 0. The molecule has 0 fully saturated rings. The first-order valence-corrected chi connectivity index (χ1v) is 24.1. The van der Waals surface area contributed by atoms with Gasteiger partial charge in [0.05, 0.1) is 22.5 Å². The molecule has 68 heavy (non-hydrogen) atoms. The van der Waals surface area contributed by atoms with Crippen molar-refractivity contribution in [1.29, 1.82) is 0 Å². The zero-order chi connectivity index (χ0) is 45.8. The van der Waals surface area contributed by atoms with Gasteiger partial charge in [0.1, 0.15) is 0 Å². The van der Waals surface area contributed by atoms with Crippen LogP contribution in [0.4, 0.5) is 17.1 Å². The van der Waals surface area contributed by atoms with Crippen LogP contribution in [0.3, 0.4) is 0 Å². The molecule has 10 aromatic carbocycles. The van der Waals surface area contributed by atoms with Crippen molar-refractivity contribution in [1.82, 2.24) is 0 Å². The van der Waals surface area contributed by atoms with Crippen molar-refractivity contribution >= 4 is 17.1 Å². The van der Waals surface area contributed by atoms with Crippen LogP contribution in [-0.4, -0.2) is 0 Å². The Morgan fingerprint density at radius 1 is 0.265 bits per heavy atom. The van der Waals surface area contributed by atoms with Crippen LogP contribution in [0.25, 0.3) is 55.6 Å². The van der Waals surface area contributed by atoms with E-state index in [1.165, 1.54) is 100 Å². The Labute approximate surface area is 400 Å². The molecule has 0 radical (unpaired) electrons. The minimum Gasteiger partial charge on any atom is -0.309 e. The molecular weight excluding hydrogens is 819 g/mol. The molecule has 3 aliphatic rings. The number of hydrogen-bond donors (Lipinski definition) is 0. The van der Waals surface area contributed by atoms with Gasteiger partial charge in [0.15, 0.2) is 0 Å². The van der Waals surface area contributed by atoms with Crippen molar-refractivity contribution in [2.45, 2.75) is 43.9 Å². The third-order valence-corrected chi connectivity index (χ3v) is 15.8. The largest absolute Gasteiger partial charge is 0.309 e. The van der Waals surface area contributed by atoms with E-state index in [4.69, 9.17) is 0 Å². The fraction of sp³-hybridized carbons (Fsp3) is 0.104. The van der Waals surface area contributed by atoms with Crippen molar-refractivity contribution in [3.63, 3.8) is 0 Å². The third kappa shape index (κ3) is 5.57. The van der Waals surface area contributed by atoms with E-state index < -0.39 is 5.41 Å². The lowest BCUT2D eigenvalue weighted by atomic mass is 9.68. The molecule has 0 amide bonds. The maximum Gasteiger partial charge on any atom is 0.0714 e. The van der Waals surface area contributed by atoms with E-state index in [1.54, 1.807) is 0 Å². The van der Waals surface area contributed by atoms with Gasteiger partial charge in [-0.1, -0.05) is 240 Å². The van der Waals surface area contributed by atoms with Crippen LogP contribution in [0.15, 0.2) is 237 Å². The van der Waals surface area contributed by atoms with Crippen LogP contribution >= 0.6 is 0 Å². The SMILES string of the molecule is CC1(C)c2ccccc2-c2ccc(-c3ccccc3N(c3ccccc3-c3cccc4c3-c3ccccc3C4(C)C)c3cccc4c3-c3ccccc3C4(c3ccccc3)c3ccccc3)cc21. The van der Waals surface area contributed by atoms with Crippen LogP contribution in [0.1, 0.15) is 72.2 Å². The Kier molecular flexibility index (Phi) is 8.89. The summed E-state index contributed by atoms with van der Waals surface area (Å²) in [5.41, 5.74) is 25.8. The molecule has 10 aromatic rings. The van der Waals surface area contributed by atoms with Crippen LogP contribution in [0, 0.1) is 0 Å². The van der Waals surface area contributed by atoms with Crippen molar-refractivity contribution in [3.05, 3.63) is 281 Å². The normalized spacial score (nSPS) is 14.8. The number of fused-ring (bicyclic) bond motifs is 9. The molecule has 0 heterocycles. The average Bonchev–Trinajstić information content (AvgIpc) is 3.92. The predicted octanol–water partition coefficient (Wildman–Crippen LogP) is 17.5. The first-order chi connectivity index (χ1) is 33.3. The quantitative estimate of drug-likeness (QED) is 0.154. The molecule has 0 saturated heterocycles. The highest BCUT2D eigenvalue weighted by atomic mass is 15.2. The fourth-order valence-electron chi connectivity index (χ4n) is 12.7. The number of benzene rings is 10. The molecule has 1 nitrogen and oxygen atoms in total. The van der Waals surface area contributed by atoms with E-state index in [0.717, 1.165) is 17.1 Å². The highest BCUT2D eigenvalue weighted by Gasteiger charge is 2.48. The van der Waals surface area contributed by atoms with Gasteiger partial charge in [-0.2, -0.15) is 0 Å². The van der Waals surface area contributed by atoms with Crippen LogP contribution in [-0.2, 0) is 16.2 Å². The van der Waals surface area contributed by atoms with Crippen LogP contribution in [0.2, 0.25) is 0 Å². The van der Waals surface area contributed by atoms with Gasteiger partial charge in [-0.05, 0) is 108 Å². The van der Waals surface area contributed by atoms with E-state index in [1.807, 2.05) is 0 Å². The Morgan fingerprint density at radius 3 is 1.37 bits per heavy atom. The molecule has 1 heteroatoms. The first kappa shape index (κ1) is 40.3. The number of nitrogens with zero attached hydrogens (tertiary/aromatic N) is 1. The number of rotatable bonds is 7. The Morgan fingerprint density at radius 2 is 0.691 bits per heavy atom. The molecule has 0 unspecified atom stereocenters. The average molecular weight is 870 g/mol. The van der Waals surface area contributed by atoms with Gasteiger partial charge >= 0.3 is 0 Å². The van der Waals surface area contributed by atoms with Crippen molar-refractivity contribution in [2.75, 3.05) is 4.90 Å². The second kappa shape index (κ2) is 15.0. The summed E-state index contributed by atoms with van der Waals surface area (Å²) in [4.78, 5) is 2.60. The minimum absolute atomic E-state index is 0.133. The minimum atomic E-state index is -0.550. The second-order valence-electron chi connectivity index (χ2n) is 19.9. The summed E-state index contributed by atoms with van der Waals surface area (Å²) >= 11 is 0. The lowest BCUT2D eigenvalue weighted by molar-refractivity contribution is 0.660. The summed E-state index contributed by atoms with van der Waals surface area (Å²) in [6.07, 6.45) is 0. The van der Waals surface area contributed by atoms with E-state index in [2.05, 4.69) is 269 Å². The third-order valence-electron chi connectivity index (χ3n) is 15.8. The topological polar surface area (TPSA) is 3.24 Å². The highest BCUT2D eigenvalue weighted by molar-refractivity contribution is 6.04. The molecule has 0 N–H and O–H groups in total. The standard InChI is InChI=1S/C67H51N/c1-65(2)55-34-17-12-30-52(55)63-51(32-21-36-57(63)65)50-29-15-20-39-61(50)68(60-38-19-14-27-47(60)44-41-42-49-48-28-11-16-33-54(48)66(3,4)59(49)43-44)62-40-22-37-58-64(62)53-31-13-18-35-56(53)67(58,45-23-7-5-8-24-45)46-25-9-6-10-26-46/h5-43H,1-4H3. The van der Waals surface area contributed by atoms with E-state index in [-0.39, 0.29) is 10.8 Å². The van der Waals surface area contributed by atoms with Crippen molar-refractivity contribution in [2.24, 2.45) is 0 Å². The molecule has 324 valence electrons. The number of anilines is 3.